The SMILES string of the molecule is CC(Cc1cccc(CC(=O)NC2C3CC4CC(C3)CC2C4)c1)NCC(O)c1ccc(O)c(CO)c1.O=S(=O)(c1cccc(CCCCOCCCCCCNCC(O)c2ccc(O)c(CO)c2)c1)C1CCCC1. The molecular formula is C60H85N3O10S. The number of rotatable bonds is 28. The molecular weight excluding hydrogens is 955 g/mol. The van der Waals surface area contributed by atoms with Crippen molar-refractivity contribution in [3.05, 3.63) is 124 Å². The van der Waals surface area contributed by atoms with Gasteiger partial charge in [0.05, 0.1) is 42.0 Å². The quantitative estimate of drug-likeness (QED) is 0.0245. The summed E-state index contributed by atoms with van der Waals surface area (Å²) in [5, 5.41) is 68.6. The molecule has 3 unspecified atom stereocenters. The molecule has 5 aliphatic rings. The van der Waals surface area contributed by atoms with Crippen LogP contribution in [0.25, 0.3) is 0 Å². The number of amides is 1. The van der Waals surface area contributed by atoms with Crippen molar-refractivity contribution in [2.75, 3.05) is 32.8 Å². The van der Waals surface area contributed by atoms with Gasteiger partial charge in [0.1, 0.15) is 11.5 Å². The van der Waals surface area contributed by atoms with Gasteiger partial charge in [-0.15, -0.1) is 0 Å². The highest BCUT2D eigenvalue weighted by Crippen LogP contribution is 2.53. The summed E-state index contributed by atoms with van der Waals surface area (Å²) >= 11 is 0. The molecule has 0 spiro atoms. The minimum absolute atomic E-state index is 0.0291. The molecule has 9 N–H and O–H groups in total. The first-order chi connectivity index (χ1) is 35.8. The van der Waals surface area contributed by atoms with Gasteiger partial charge in [-0.3, -0.25) is 4.79 Å². The number of phenols is 2. The van der Waals surface area contributed by atoms with E-state index in [1.165, 1.54) is 44.2 Å². The molecule has 1 amide bonds. The van der Waals surface area contributed by atoms with Gasteiger partial charge in [0.15, 0.2) is 9.84 Å². The fraction of sp³-hybridized carbons (Fsp3) is 0.583. The second-order valence-corrected chi connectivity index (χ2v) is 24.2. The van der Waals surface area contributed by atoms with Crippen molar-refractivity contribution in [1.29, 1.82) is 0 Å². The Morgan fingerprint density at radius 2 is 1.26 bits per heavy atom. The number of hydrogen-bond donors (Lipinski definition) is 9. The van der Waals surface area contributed by atoms with E-state index in [-0.39, 0.29) is 41.9 Å². The number of hydrogen-bond acceptors (Lipinski definition) is 12. The number of carbonyl (C=O) groups excluding carboxylic acids is 1. The maximum Gasteiger partial charge on any atom is 0.224 e. The number of ether oxygens (including phenoxy) is 1. The Balaban J connectivity index is 0.000000216. The van der Waals surface area contributed by atoms with E-state index in [4.69, 9.17) is 4.74 Å². The average molecular weight is 1040 g/mol. The van der Waals surface area contributed by atoms with E-state index >= 15 is 0 Å². The Morgan fingerprint density at radius 3 is 1.91 bits per heavy atom. The van der Waals surface area contributed by atoms with Gasteiger partial charge in [-0.1, -0.05) is 74.2 Å². The molecule has 4 bridgehead atoms. The smallest absolute Gasteiger partial charge is 0.224 e. The Hall–Kier alpha value is -4.38. The molecule has 0 saturated heterocycles. The van der Waals surface area contributed by atoms with Crippen LogP contribution < -0.4 is 16.0 Å². The Morgan fingerprint density at radius 1 is 0.676 bits per heavy atom. The predicted octanol–water partition coefficient (Wildman–Crippen LogP) is 8.45. The van der Waals surface area contributed by atoms with Gasteiger partial charge in [-0.05, 0) is 185 Å². The molecule has 0 radical (unpaired) electrons. The third-order valence-electron chi connectivity index (χ3n) is 16.1. The zero-order valence-electron chi connectivity index (χ0n) is 43.7. The Bertz CT molecular complexity index is 2450. The van der Waals surface area contributed by atoms with Crippen molar-refractivity contribution in [2.45, 2.75) is 170 Å². The first-order valence-corrected chi connectivity index (χ1v) is 29.3. The van der Waals surface area contributed by atoms with Gasteiger partial charge in [0.2, 0.25) is 5.91 Å². The third-order valence-corrected chi connectivity index (χ3v) is 18.4. The highest BCUT2D eigenvalue weighted by atomic mass is 32.2. The van der Waals surface area contributed by atoms with E-state index < -0.39 is 22.0 Å². The summed E-state index contributed by atoms with van der Waals surface area (Å²) in [6.07, 6.45) is 17.1. The second-order valence-electron chi connectivity index (χ2n) is 21.9. The van der Waals surface area contributed by atoms with E-state index in [0.717, 1.165) is 125 Å². The molecule has 14 heteroatoms. The van der Waals surface area contributed by atoms with Crippen LogP contribution in [0.3, 0.4) is 0 Å². The fourth-order valence-electron chi connectivity index (χ4n) is 12.3. The zero-order valence-corrected chi connectivity index (χ0v) is 44.5. The third kappa shape index (κ3) is 16.8. The molecule has 0 heterocycles. The normalized spacial score (nSPS) is 21.5. The lowest BCUT2D eigenvalue weighted by molar-refractivity contribution is -0.124. The molecule has 5 saturated carbocycles. The largest absolute Gasteiger partial charge is 0.508 e. The standard InChI is InChI=1S/C30H40N2O4.C30H45NO6S/c1-18(31-16-28(35)23-5-6-27(34)26(15-23)17-33)7-19-3-2-4-20(8-19)14-29(36)32-30-24-10-21-9-22(12-24)13-25(30)11-21;32-23-26-21-25(15-16-29(26)33)30(34)22-31-17-6-1-2-7-18-37-19-8-5-10-24-11-9-14-28(20-24)38(35,36)27-12-3-4-13-27/h2-6,8,15,18,21-22,24-25,28,30-31,33-35H,7,9-14,16-17H2,1H3,(H,32,36);9,11,14-16,20-21,27,30-34H,1-8,10,12-13,17-19,22-23H2. The summed E-state index contributed by atoms with van der Waals surface area (Å²) in [6, 6.07) is 25.9. The van der Waals surface area contributed by atoms with Gasteiger partial charge >= 0.3 is 0 Å². The van der Waals surface area contributed by atoms with Crippen LogP contribution >= 0.6 is 0 Å². The minimum atomic E-state index is -3.19. The fourth-order valence-corrected chi connectivity index (χ4v) is 14.2. The summed E-state index contributed by atoms with van der Waals surface area (Å²) < 4.78 is 31.4. The highest BCUT2D eigenvalue weighted by molar-refractivity contribution is 7.92. The van der Waals surface area contributed by atoms with E-state index in [1.807, 2.05) is 30.3 Å². The van der Waals surface area contributed by atoms with E-state index in [9.17, 15) is 43.9 Å². The molecule has 9 rings (SSSR count). The van der Waals surface area contributed by atoms with Crippen LogP contribution in [0.2, 0.25) is 0 Å². The van der Waals surface area contributed by atoms with Crippen molar-refractivity contribution in [3.8, 4) is 11.5 Å². The maximum absolute atomic E-state index is 12.9. The summed E-state index contributed by atoms with van der Waals surface area (Å²) in [4.78, 5) is 13.4. The average Bonchev–Trinajstić information content (AvgIpc) is 3.95. The molecule has 4 aromatic carbocycles. The van der Waals surface area contributed by atoms with Crippen molar-refractivity contribution >= 4 is 15.7 Å². The summed E-state index contributed by atoms with van der Waals surface area (Å²) in [5.74, 6) is 3.42. The first-order valence-electron chi connectivity index (χ1n) is 27.7. The molecule has 0 aromatic heterocycles. The van der Waals surface area contributed by atoms with E-state index in [1.54, 1.807) is 30.3 Å². The number of aromatic hydroxyl groups is 2. The van der Waals surface area contributed by atoms with E-state index in [2.05, 4.69) is 35.0 Å². The first kappa shape index (κ1) is 57.3. The number of aryl methyl sites for hydroxylation is 1. The Labute approximate surface area is 440 Å². The van der Waals surface area contributed by atoms with Gasteiger partial charge in [-0.2, -0.15) is 0 Å². The number of benzene rings is 4. The summed E-state index contributed by atoms with van der Waals surface area (Å²) in [6.45, 7) is 4.66. The van der Waals surface area contributed by atoms with Crippen molar-refractivity contribution in [2.24, 2.45) is 23.7 Å². The molecule has 3 atom stereocenters. The monoisotopic (exact) mass is 1040 g/mol. The predicted molar refractivity (Wildman–Crippen MR) is 289 cm³/mol. The second kappa shape index (κ2) is 28.7. The number of sulfone groups is 1. The zero-order chi connectivity index (χ0) is 52.5. The van der Waals surface area contributed by atoms with Gasteiger partial charge in [0, 0.05) is 49.5 Å². The van der Waals surface area contributed by atoms with Crippen LogP contribution in [-0.4, -0.2) is 95.1 Å². The molecule has 0 aliphatic heterocycles. The topological polar surface area (TPSA) is 218 Å². The number of carbonyl (C=O) groups is 1. The number of aliphatic hydroxyl groups is 4. The van der Waals surface area contributed by atoms with Crippen molar-refractivity contribution < 1.29 is 48.6 Å². The minimum Gasteiger partial charge on any atom is -0.508 e. The van der Waals surface area contributed by atoms with Crippen LogP contribution in [0.1, 0.15) is 154 Å². The summed E-state index contributed by atoms with van der Waals surface area (Å²) in [5.41, 5.74) is 5.45. The molecule has 13 nitrogen and oxygen atoms in total. The van der Waals surface area contributed by atoms with Crippen LogP contribution in [-0.2, 0) is 51.8 Å². The molecule has 5 aliphatic carbocycles. The van der Waals surface area contributed by atoms with E-state index in [0.29, 0.717) is 64.5 Å². The van der Waals surface area contributed by atoms with Crippen LogP contribution in [0.15, 0.2) is 89.8 Å². The lowest BCUT2D eigenvalue weighted by atomic mass is 9.54. The highest BCUT2D eigenvalue weighted by Gasteiger charge is 2.48. The van der Waals surface area contributed by atoms with Gasteiger partial charge in [0.25, 0.3) is 0 Å². The van der Waals surface area contributed by atoms with Gasteiger partial charge < -0.3 is 51.3 Å². The molecule has 5 fully saturated rings. The van der Waals surface area contributed by atoms with Crippen molar-refractivity contribution in [1.82, 2.24) is 16.0 Å². The molecule has 74 heavy (non-hydrogen) atoms. The van der Waals surface area contributed by atoms with Crippen molar-refractivity contribution in [3.63, 3.8) is 0 Å². The number of unbranched alkanes of at least 4 members (excludes halogenated alkanes) is 4. The molecule has 406 valence electrons. The summed E-state index contributed by atoms with van der Waals surface area (Å²) in [7, 11) is -3.19. The van der Waals surface area contributed by atoms with Crippen LogP contribution in [0, 0.1) is 23.7 Å². The Kier molecular flexibility index (Phi) is 22.2. The maximum atomic E-state index is 12.9. The van der Waals surface area contributed by atoms with Gasteiger partial charge in [-0.25, -0.2) is 8.42 Å². The van der Waals surface area contributed by atoms with Crippen LogP contribution in [0.4, 0.5) is 0 Å². The van der Waals surface area contributed by atoms with Crippen LogP contribution in [0.5, 0.6) is 11.5 Å². The lowest BCUT2D eigenvalue weighted by Crippen LogP contribution is -2.56. The number of nitrogens with one attached hydrogen (secondary N) is 3. The lowest BCUT2D eigenvalue weighted by Gasteiger charge is -2.54. The number of aliphatic hydroxyl groups excluding tert-OH is 4. The molecule has 4 aromatic rings.